The minimum absolute atomic E-state index is 0.278. The van der Waals surface area contributed by atoms with Gasteiger partial charge in [-0.3, -0.25) is 0 Å². The number of aromatic nitrogens is 1. The standard InChI is InChI=1S/C9H6BF2N2/c11-7-5-14-8(9(7)12)4-6-2-1-3-13(6)10-14/h1-2,4-5H,3H2. The fraction of sp³-hybridized carbons (Fsp3) is 0.111. The summed E-state index contributed by atoms with van der Waals surface area (Å²) in [6, 6.07) is 0. The molecule has 0 aromatic carbocycles. The molecule has 1 aromatic heterocycles. The second-order valence-electron chi connectivity index (χ2n) is 3.32. The summed E-state index contributed by atoms with van der Waals surface area (Å²) in [4.78, 5) is 1.92. The highest BCUT2D eigenvalue weighted by atomic mass is 19.2. The van der Waals surface area contributed by atoms with Crippen LogP contribution in [0.1, 0.15) is 5.69 Å². The summed E-state index contributed by atoms with van der Waals surface area (Å²) in [5.41, 5.74) is 1.18. The third kappa shape index (κ3) is 0.894. The molecule has 1 radical (unpaired) electrons. The van der Waals surface area contributed by atoms with E-state index in [0.717, 1.165) is 18.4 Å². The van der Waals surface area contributed by atoms with Gasteiger partial charge < -0.3 is 9.29 Å². The van der Waals surface area contributed by atoms with Crippen molar-refractivity contribution in [1.29, 1.82) is 0 Å². The molecule has 0 unspecified atom stereocenters. The van der Waals surface area contributed by atoms with Crippen LogP contribution in [0.3, 0.4) is 0 Å². The summed E-state index contributed by atoms with van der Waals surface area (Å²) >= 11 is 0. The molecule has 0 bridgehead atoms. The summed E-state index contributed by atoms with van der Waals surface area (Å²) in [5, 5.41) is 0. The molecular weight excluding hydrogens is 185 g/mol. The number of fused-ring (bicyclic) bond motifs is 2. The van der Waals surface area contributed by atoms with E-state index in [4.69, 9.17) is 0 Å². The molecular formula is C9H6BF2N2. The highest BCUT2D eigenvalue weighted by Gasteiger charge is 2.25. The SMILES string of the molecule is Fc1cn2c(c1F)C=C1C=CCN1[B]2. The zero-order chi connectivity index (χ0) is 9.71. The number of hydrogen-bond donors (Lipinski definition) is 0. The monoisotopic (exact) mass is 191 g/mol. The van der Waals surface area contributed by atoms with Crippen molar-refractivity contribution in [1.82, 2.24) is 9.29 Å². The van der Waals surface area contributed by atoms with Crippen molar-refractivity contribution in [3.8, 4) is 0 Å². The molecule has 0 aliphatic carbocycles. The van der Waals surface area contributed by atoms with Gasteiger partial charge in [-0.15, -0.1) is 0 Å². The lowest BCUT2D eigenvalue weighted by Gasteiger charge is -2.24. The van der Waals surface area contributed by atoms with E-state index in [1.54, 1.807) is 13.6 Å². The minimum Gasteiger partial charge on any atom is -0.395 e. The molecule has 3 rings (SSSR count). The fourth-order valence-electron chi connectivity index (χ4n) is 1.74. The topological polar surface area (TPSA) is 8.17 Å². The van der Waals surface area contributed by atoms with Crippen LogP contribution in [0, 0.1) is 11.6 Å². The Kier molecular flexibility index (Phi) is 1.40. The molecule has 14 heavy (non-hydrogen) atoms. The van der Waals surface area contributed by atoms with Gasteiger partial charge in [-0.1, -0.05) is 6.08 Å². The van der Waals surface area contributed by atoms with Gasteiger partial charge in [0.25, 0.3) is 0 Å². The molecule has 0 N–H and O–H groups in total. The van der Waals surface area contributed by atoms with E-state index in [9.17, 15) is 8.78 Å². The Morgan fingerprint density at radius 3 is 3.07 bits per heavy atom. The van der Waals surface area contributed by atoms with E-state index in [-0.39, 0.29) is 5.69 Å². The lowest BCUT2D eigenvalue weighted by molar-refractivity contribution is 0.515. The maximum Gasteiger partial charge on any atom is 0.396 e. The number of nitrogens with zero attached hydrogens (tertiary/aromatic N) is 2. The molecule has 2 aliphatic heterocycles. The first-order chi connectivity index (χ1) is 6.75. The molecule has 0 fully saturated rings. The Balaban J connectivity index is 2.17. The molecule has 3 heterocycles. The van der Waals surface area contributed by atoms with Crippen LogP contribution in [-0.4, -0.2) is 23.4 Å². The maximum atomic E-state index is 13.2. The van der Waals surface area contributed by atoms with Crippen molar-refractivity contribution < 1.29 is 8.78 Å². The second-order valence-corrected chi connectivity index (χ2v) is 3.32. The quantitative estimate of drug-likeness (QED) is 0.562. The fourth-order valence-corrected chi connectivity index (χ4v) is 1.74. The number of allylic oxidation sites excluding steroid dienone is 1. The van der Waals surface area contributed by atoms with Crippen LogP contribution in [0.5, 0.6) is 0 Å². The zero-order valence-corrected chi connectivity index (χ0v) is 7.24. The van der Waals surface area contributed by atoms with Gasteiger partial charge in [-0.2, -0.15) is 0 Å². The normalized spacial score (nSPS) is 17.6. The molecule has 0 amide bonds. The van der Waals surface area contributed by atoms with E-state index in [1.807, 2.05) is 17.0 Å². The average molecular weight is 191 g/mol. The van der Waals surface area contributed by atoms with Crippen molar-refractivity contribution in [2.45, 2.75) is 0 Å². The van der Waals surface area contributed by atoms with Crippen LogP contribution in [0.25, 0.3) is 6.08 Å². The molecule has 69 valence electrons. The first kappa shape index (κ1) is 7.85. The molecule has 0 atom stereocenters. The van der Waals surface area contributed by atoms with E-state index in [1.165, 1.54) is 4.48 Å². The first-order valence-electron chi connectivity index (χ1n) is 4.31. The van der Waals surface area contributed by atoms with Gasteiger partial charge in [0.15, 0.2) is 11.6 Å². The van der Waals surface area contributed by atoms with E-state index < -0.39 is 11.6 Å². The molecule has 0 spiro atoms. The Bertz CT molecular complexity index is 462. The van der Waals surface area contributed by atoms with E-state index in [2.05, 4.69) is 0 Å². The van der Waals surface area contributed by atoms with Gasteiger partial charge in [0.1, 0.15) is 0 Å². The zero-order valence-electron chi connectivity index (χ0n) is 7.24. The van der Waals surface area contributed by atoms with Crippen molar-refractivity contribution in [3.05, 3.63) is 41.4 Å². The van der Waals surface area contributed by atoms with Gasteiger partial charge in [-0.05, 0) is 12.2 Å². The second kappa shape index (κ2) is 2.50. The molecule has 1 aromatic rings. The van der Waals surface area contributed by atoms with Gasteiger partial charge in [0, 0.05) is 18.4 Å². The van der Waals surface area contributed by atoms with Gasteiger partial charge in [-0.25, -0.2) is 8.78 Å². The predicted octanol–water partition coefficient (Wildman–Crippen LogP) is 1.37. The number of rotatable bonds is 0. The van der Waals surface area contributed by atoms with Crippen molar-refractivity contribution in [2.24, 2.45) is 0 Å². The third-order valence-corrected chi connectivity index (χ3v) is 2.44. The molecule has 0 saturated heterocycles. The largest absolute Gasteiger partial charge is 0.396 e. The Labute approximate surface area is 80.4 Å². The van der Waals surface area contributed by atoms with Crippen LogP contribution in [0.4, 0.5) is 8.78 Å². The number of halogens is 2. The minimum atomic E-state index is -0.807. The van der Waals surface area contributed by atoms with Crippen LogP contribution in [-0.2, 0) is 0 Å². The summed E-state index contributed by atoms with van der Waals surface area (Å²) in [6.45, 7) is 0.757. The summed E-state index contributed by atoms with van der Waals surface area (Å²) in [6.07, 6.45) is 6.66. The van der Waals surface area contributed by atoms with Crippen molar-refractivity contribution in [2.75, 3.05) is 6.54 Å². The van der Waals surface area contributed by atoms with Gasteiger partial charge >= 0.3 is 7.55 Å². The third-order valence-electron chi connectivity index (χ3n) is 2.44. The lowest BCUT2D eigenvalue weighted by atomic mass is 10.0. The molecule has 2 nitrogen and oxygen atoms in total. The van der Waals surface area contributed by atoms with Crippen molar-refractivity contribution in [3.63, 3.8) is 0 Å². The highest BCUT2D eigenvalue weighted by Crippen LogP contribution is 2.25. The van der Waals surface area contributed by atoms with Gasteiger partial charge in [0.05, 0.1) is 5.69 Å². The van der Waals surface area contributed by atoms with Crippen LogP contribution < -0.4 is 0 Å². The molecule has 0 saturated carbocycles. The number of hydrogen-bond acceptors (Lipinski definition) is 1. The molecule has 2 aliphatic rings. The Morgan fingerprint density at radius 1 is 1.36 bits per heavy atom. The van der Waals surface area contributed by atoms with Gasteiger partial charge in [0.2, 0.25) is 0 Å². The summed E-state index contributed by atoms with van der Waals surface area (Å²) in [7, 11) is 1.69. The Morgan fingerprint density at radius 2 is 2.21 bits per heavy atom. The van der Waals surface area contributed by atoms with E-state index >= 15 is 0 Å². The van der Waals surface area contributed by atoms with Crippen LogP contribution in [0.2, 0.25) is 0 Å². The lowest BCUT2D eigenvalue weighted by Crippen LogP contribution is -2.32. The van der Waals surface area contributed by atoms with Crippen molar-refractivity contribution >= 4 is 13.6 Å². The summed E-state index contributed by atoms with van der Waals surface area (Å²) < 4.78 is 27.6. The molecule has 5 heteroatoms. The average Bonchev–Trinajstić information content (AvgIpc) is 2.70. The Hall–Kier alpha value is -1.52. The first-order valence-corrected chi connectivity index (χ1v) is 4.31. The van der Waals surface area contributed by atoms with Crippen LogP contribution in [0.15, 0.2) is 24.0 Å². The highest BCUT2D eigenvalue weighted by molar-refractivity contribution is 6.32. The van der Waals surface area contributed by atoms with E-state index in [0.29, 0.717) is 0 Å². The predicted molar refractivity (Wildman–Crippen MR) is 49.3 cm³/mol. The summed E-state index contributed by atoms with van der Waals surface area (Å²) in [5.74, 6) is -1.59. The van der Waals surface area contributed by atoms with Crippen LogP contribution >= 0.6 is 0 Å². The smallest absolute Gasteiger partial charge is 0.395 e. The maximum absolute atomic E-state index is 13.2.